The fourth-order valence-corrected chi connectivity index (χ4v) is 1.13. The first kappa shape index (κ1) is 13.3. The molecule has 94 valence electrons. The second-order valence-corrected chi connectivity index (χ2v) is 4.58. The fourth-order valence-electron chi connectivity index (χ4n) is 1.13. The van der Waals surface area contributed by atoms with Crippen molar-refractivity contribution in [1.82, 2.24) is 4.98 Å². The van der Waals surface area contributed by atoms with Crippen molar-refractivity contribution in [2.24, 2.45) is 0 Å². The topological polar surface area (TPSA) is 51.7 Å². The Kier molecular flexibility index (Phi) is 3.93. The van der Waals surface area contributed by atoms with Gasteiger partial charge in [0.1, 0.15) is 11.4 Å². The highest BCUT2D eigenvalue weighted by Crippen LogP contribution is 2.17. The minimum Gasteiger partial charge on any atom is -0.481 e. The Morgan fingerprint density at radius 1 is 1.35 bits per heavy atom. The fraction of sp³-hybridized carbons (Fsp3) is 0.500. The summed E-state index contributed by atoms with van der Waals surface area (Å²) in [5.41, 5.74) is -0.524. The van der Waals surface area contributed by atoms with E-state index in [9.17, 15) is 4.79 Å². The molecule has 1 aromatic rings. The first-order valence-electron chi connectivity index (χ1n) is 5.31. The van der Waals surface area contributed by atoms with Crippen molar-refractivity contribution in [3.63, 3.8) is 0 Å². The lowest BCUT2D eigenvalue weighted by Crippen LogP contribution is -2.34. The third-order valence-electron chi connectivity index (χ3n) is 1.93. The van der Waals surface area contributed by atoms with E-state index in [2.05, 4.69) is 4.98 Å². The number of amides is 1. The molecular weight excluding hydrogens is 220 g/mol. The summed E-state index contributed by atoms with van der Waals surface area (Å²) in [7, 11) is 3.13. The highest BCUT2D eigenvalue weighted by atomic mass is 16.6. The van der Waals surface area contributed by atoms with Gasteiger partial charge in [-0.25, -0.2) is 4.79 Å². The number of carbonyl (C=O) groups excluding carboxylic acids is 1. The third-order valence-corrected chi connectivity index (χ3v) is 1.93. The monoisotopic (exact) mass is 238 g/mol. The molecule has 0 aliphatic rings. The lowest BCUT2D eigenvalue weighted by atomic mass is 10.2. The Morgan fingerprint density at radius 3 is 2.53 bits per heavy atom. The van der Waals surface area contributed by atoms with Gasteiger partial charge in [0.2, 0.25) is 5.88 Å². The van der Waals surface area contributed by atoms with Crippen LogP contribution in [0.4, 0.5) is 10.6 Å². The Bertz CT molecular complexity index is 399. The zero-order valence-corrected chi connectivity index (χ0v) is 10.9. The summed E-state index contributed by atoms with van der Waals surface area (Å²) >= 11 is 0. The smallest absolute Gasteiger partial charge is 0.415 e. The maximum Gasteiger partial charge on any atom is 0.415 e. The molecule has 0 saturated heterocycles. The number of hydrogen-bond donors (Lipinski definition) is 0. The summed E-state index contributed by atoms with van der Waals surface area (Å²) in [4.78, 5) is 17.3. The molecule has 0 radical (unpaired) electrons. The molecule has 0 aromatic carbocycles. The quantitative estimate of drug-likeness (QED) is 0.794. The van der Waals surface area contributed by atoms with Gasteiger partial charge in [-0.15, -0.1) is 0 Å². The first-order chi connectivity index (χ1) is 7.83. The maximum absolute atomic E-state index is 11.8. The van der Waals surface area contributed by atoms with Crippen LogP contribution in [0.15, 0.2) is 18.2 Å². The van der Waals surface area contributed by atoms with Crippen LogP contribution in [0.5, 0.6) is 5.88 Å². The molecule has 5 heteroatoms. The van der Waals surface area contributed by atoms with Crippen LogP contribution < -0.4 is 9.64 Å². The van der Waals surface area contributed by atoms with Gasteiger partial charge in [0.25, 0.3) is 0 Å². The van der Waals surface area contributed by atoms with Gasteiger partial charge >= 0.3 is 6.09 Å². The Balaban J connectivity index is 2.81. The van der Waals surface area contributed by atoms with Crippen molar-refractivity contribution in [2.45, 2.75) is 26.4 Å². The number of pyridine rings is 1. The van der Waals surface area contributed by atoms with Gasteiger partial charge in [0.05, 0.1) is 7.11 Å². The molecule has 0 atom stereocenters. The molecule has 1 aromatic heterocycles. The van der Waals surface area contributed by atoms with Crippen LogP contribution in [-0.2, 0) is 4.74 Å². The highest BCUT2D eigenvalue weighted by Gasteiger charge is 2.21. The molecule has 0 spiro atoms. The molecule has 0 fully saturated rings. The van der Waals surface area contributed by atoms with Crippen LogP contribution in [0.1, 0.15) is 20.8 Å². The van der Waals surface area contributed by atoms with Crippen LogP contribution in [0.2, 0.25) is 0 Å². The van der Waals surface area contributed by atoms with Crippen molar-refractivity contribution >= 4 is 11.9 Å². The average Bonchev–Trinajstić information content (AvgIpc) is 2.26. The summed E-state index contributed by atoms with van der Waals surface area (Å²) in [5, 5.41) is 0. The van der Waals surface area contributed by atoms with Crippen molar-refractivity contribution in [3.05, 3.63) is 18.2 Å². The predicted octanol–water partition coefficient (Wildman–Crippen LogP) is 2.46. The number of methoxy groups -OCH3 is 1. The molecule has 1 amide bonds. The van der Waals surface area contributed by atoms with E-state index >= 15 is 0 Å². The van der Waals surface area contributed by atoms with Crippen LogP contribution in [-0.4, -0.2) is 30.8 Å². The zero-order chi connectivity index (χ0) is 13.1. The average molecular weight is 238 g/mol. The molecule has 17 heavy (non-hydrogen) atoms. The van der Waals surface area contributed by atoms with Gasteiger partial charge in [-0.1, -0.05) is 6.07 Å². The van der Waals surface area contributed by atoms with Crippen LogP contribution in [0, 0.1) is 0 Å². The van der Waals surface area contributed by atoms with Gasteiger partial charge in [-0.05, 0) is 26.8 Å². The number of rotatable bonds is 2. The van der Waals surface area contributed by atoms with Crippen molar-refractivity contribution < 1.29 is 14.3 Å². The number of aromatic nitrogens is 1. The summed E-state index contributed by atoms with van der Waals surface area (Å²) < 4.78 is 10.2. The summed E-state index contributed by atoms with van der Waals surface area (Å²) in [5.74, 6) is 0.941. The maximum atomic E-state index is 11.8. The number of anilines is 1. The molecule has 1 heterocycles. The SMILES string of the molecule is COc1cccc(N(C)C(=O)OC(C)(C)C)n1. The van der Waals surface area contributed by atoms with Crippen molar-refractivity contribution in [1.29, 1.82) is 0 Å². The lowest BCUT2D eigenvalue weighted by Gasteiger charge is -2.24. The molecule has 5 nitrogen and oxygen atoms in total. The lowest BCUT2D eigenvalue weighted by molar-refractivity contribution is 0.0588. The molecule has 0 saturated carbocycles. The van der Waals surface area contributed by atoms with Gasteiger partial charge in [0, 0.05) is 13.1 Å². The summed E-state index contributed by atoms with van der Waals surface area (Å²) in [6.45, 7) is 5.45. The van der Waals surface area contributed by atoms with E-state index in [1.165, 1.54) is 12.0 Å². The predicted molar refractivity (Wildman–Crippen MR) is 65.4 cm³/mol. The van der Waals surface area contributed by atoms with Gasteiger partial charge in [-0.2, -0.15) is 4.98 Å². The van der Waals surface area contributed by atoms with Gasteiger partial charge < -0.3 is 9.47 Å². The van der Waals surface area contributed by atoms with E-state index in [1.807, 2.05) is 20.8 Å². The highest BCUT2D eigenvalue weighted by molar-refractivity contribution is 5.86. The van der Waals surface area contributed by atoms with E-state index in [0.717, 1.165) is 0 Å². The number of carbonyl (C=O) groups is 1. The molecule has 0 N–H and O–H groups in total. The van der Waals surface area contributed by atoms with E-state index in [0.29, 0.717) is 11.7 Å². The molecule has 0 aliphatic carbocycles. The minimum atomic E-state index is -0.524. The minimum absolute atomic E-state index is 0.446. The normalized spacial score (nSPS) is 10.9. The number of nitrogens with zero attached hydrogens (tertiary/aromatic N) is 2. The molecular formula is C12H18N2O3. The second kappa shape index (κ2) is 5.03. The molecule has 0 unspecified atom stereocenters. The summed E-state index contributed by atoms with van der Waals surface area (Å²) in [6.07, 6.45) is -0.446. The van der Waals surface area contributed by atoms with Crippen LogP contribution in [0.25, 0.3) is 0 Å². The summed E-state index contributed by atoms with van der Waals surface area (Å²) in [6, 6.07) is 5.20. The van der Waals surface area contributed by atoms with E-state index in [-0.39, 0.29) is 0 Å². The Hall–Kier alpha value is -1.78. The number of hydrogen-bond acceptors (Lipinski definition) is 4. The third kappa shape index (κ3) is 3.94. The van der Waals surface area contributed by atoms with Crippen molar-refractivity contribution in [3.8, 4) is 5.88 Å². The molecule has 0 aliphatic heterocycles. The second-order valence-electron chi connectivity index (χ2n) is 4.58. The largest absolute Gasteiger partial charge is 0.481 e. The van der Waals surface area contributed by atoms with E-state index < -0.39 is 11.7 Å². The van der Waals surface area contributed by atoms with Crippen LogP contribution in [0.3, 0.4) is 0 Å². The first-order valence-corrected chi connectivity index (χ1v) is 5.31. The molecule has 1 rings (SSSR count). The number of ether oxygens (including phenoxy) is 2. The van der Waals surface area contributed by atoms with Gasteiger partial charge in [0.15, 0.2) is 0 Å². The van der Waals surface area contributed by atoms with Gasteiger partial charge in [-0.3, -0.25) is 4.90 Å². The van der Waals surface area contributed by atoms with Crippen LogP contribution >= 0.6 is 0 Å². The van der Waals surface area contributed by atoms with E-state index in [1.54, 1.807) is 25.2 Å². The Morgan fingerprint density at radius 2 is 2.00 bits per heavy atom. The molecule has 0 bridgehead atoms. The zero-order valence-electron chi connectivity index (χ0n) is 10.9. The van der Waals surface area contributed by atoms with E-state index in [4.69, 9.17) is 9.47 Å². The Labute approximate surface area is 101 Å². The van der Waals surface area contributed by atoms with Crippen molar-refractivity contribution in [2.75, 3.05) is 19.1 Å². The standard InChI is InChI=1S/C12H18N2O3/c1-12(2,3)17-11(15)14(4)9-7-6-8-10(13-9)16-5/h6-8H,1-5H3.